The first kappa shape index (κ1) is 11.4. The Morgan fingerprint density at radius 3 is 2.62 bits per heavy atom. The molecule has 88 valence electrons. The number of ether oxygens (including phenoxy) is 1. The van der Waals surface area contributed by atoms with Gasteiger partial charge in [0.15, 0.2) is 0 Å². The van der Waals surface area contributed by atoms with E-state index in [9.17, 15) is 10.1 Å². The summed E-state index contributed by atoms with van der Waals surface area (Å²) in [5.41, 5.74) is -0.831. The van der Waals surface area contributed by atoms with Crippen LogP contribution < -0.4 is 5.32 Å². The Morgan fingerprint density at radius 1 is 1.44 bits per heavy atom. The van der Waals surface area contributed by atoms with E-state index in [1.54, 1.807) is 0 Å². The Labute approximate surface area is 96.0 Å². The smallest absolute Gasteiger partial charge is 0.240 e. The third-order valence-corrected chi connectivity index (χ3v) is 3.77. The molecule has 0 atom stereocenters. The van der Waals surface area contributed by atoms with E-state index in [0.29, 0.717) is 32.0 Å². The van der Waals surface area contributed by atoms with Crippen LogP contribution in [0, 0.1) is 22.7 Å². The Balaban J connectivity index is 1.87. The second-order valence-corrected chi connectivity index (χ2v) is 4.81. The van der Waals surface area contributed by atoms with Crippen molar-refractivity contribution in [3.63, 3.8) is 0 Å². The van der Waals surface area contributed by atoms with E-state index in [4.69, 9.17) is 4.74 Å². The SMILES string of the molecule is N#CC1(C(=O)NCC2CCC2)CCOCC1. The van der Waals surface area contributed by atoms with Gasteiger partial charge in [-0.05, 0) is 31.6 Å². The van der Waals surface area contributed by atoms with Crippen LogP contribution in [0.1, 0.15) is 32.1 Å². The Bertz CT molecular complexity index is 299. The first-order valence-corrected chi connectivity index (χ1v) is 6.04. The van der Waals surface area contributed by atoms with Crippen molar-refractivity contribution < 1.29 is 9.53 Å². The lowest BCUT2D eigenvalue weighted by atomic mass is 9.80. The number of carbonyl (C=O) groups excluding carboxylic acids is 1. The normalized spacial score (nSPS) is 24.2. The second kappa shape index (κ2) is 4.84. The van der Waals surface area contributed by atoms with Crippen LogP contribution >= 0.6 is 0 Å². The highest BCUT2D eigenvalue weighted by Gasteiger charge is 2.40. The van der Waals surface area contributed by atoms with E-state index in [2.05, 4.69) is 11.4 Å². The fraction of sp³-hybridized carbons (Fsp3) is 0.833. The van der Waals surface area contributed by atoms with Crippen molar-refractivity contribution in [2.75, 3.05) is 19.8 Å². The van der Waals surface area contributed by atoms with Crippen molar-refractivity contribution in [2.45, 2.75) is 32.1 Å². The fourth-order valence-electron chi connectivity index (χ4n) is 2.21. The van der Waals surface area contributed by atoms with E-state index in [-0.39, 0.29) is 5.91 Å². The summed E-state index contributed by atoms with van der Waals surface area (Å²) in [4.78, 5) is 12.0. The predicted octanol–water partition coefficient (Wildman–Crippen LogP) is 1.22. The van der Waals surface area contributed by atoms with Gasteiger partial charge in [-0.1, -0.05) is 6.42 Å². The molecular weight excluding hydrogens is 204 g/mol. The number of amides is 1. The van der Waals surface area contributed by atoms with E-state index >= 15 is 0 Å². The van der Waals surface area contributed by atoms with Gasteiger partial charge in [-0.3, -0.25) is 4.79 Å². The van der Waals surface area contributed by atoms with Crippen molar-refractivity contribution in [1.82, 2.24) is 5.32 Å². The Hall–Kier alpha value is -1.08. The van der Waals surface area contributed by atoms with Crippen LogP contribution in [0.4, 0.5) is 0 Å². The number of nitrogens with one attached hydrogen (secondary N) is 1. The Morgan fingerprint density at radius 2 is 2.12 bits per heavy atom. The maximum Gasteiger partial charge on any atom is 0.240 e. The molecule has 1 amide bonds. The van der Waals surface area contributed by atoms with Crippen molar-refractivity contribution in [3.05, 3.63) is 0 Å². The molecule has 0 bridgehead atoms. The molecule has 4 nitrogen and oxygen atoms in total. The van der Waals surface area contributed by atoms with Crippen molar-refractivity contribution in [2.24, 2.45) is 11.3 Å². The largest absolute Gasteiger partial charge is 0.381 e. The molecule has 2 aliphatic rings. The summed E-state index contributed by atoms with van der Waals surface area (Å²) >= 11 is 0. The summed E-state index contributed by atoms with van der Waals surface area (Å²) in [6.45, 7) is 1.78. The minimum atomic E-state index is -0.831. The van der Waals surface area contributed by atoms with E-state index in [0.717, 1.165) is 6.54 Å². The van der Waals surface area contributed by atoms with Crippen molar-refractivity contribution in [1.29, 1.82) is 5.26 Å². The number of nitriles is 1. The summed E-state index contributed by atoms with van der Waals surface area (Å²) < 4.78 is 5.20. The highest BCUT2D eigenvalue weighted by atomic mass is 16.5. The molecule has 0 aromatic rings. The van der Waals surface area contributed by atoms with Crippen LogP contribution in [0.15, 0.2) is 0 Å². The quantitative estimate of drug-likeness (QED) is 0.781. The summed E-state index contributed by atoms with van der Waals surface area (Å²) in [5, 5.41) is 12.1. The summed E-state index contributed by atoms with van der Waals surface area (Å²) in [6.07, 6.45) is 4.75. The van der Waals surface area contributed by atoms with Crippen LogP contribution in [0.5, 0.6) is 0 Å². The first-order chi connectivity index (χ1) is 7.77. The average Bonchev–Trinajstić information content (AvgIpc) is 2.27. The maximum absolute atomic E-state index is 12.0. The van der Waals surface area contributed by atoms with Gasteiger partial charge in [-0.15, -0.1) is 0 Å². The molecule has 16 heavy (non-hydrogen) atoms. The molecule has 1 N–H and O–H groups in total. The first-order valence-electron chi connectivity index (χ1n) is 6.04. The zero-order valence-electron chi connectivity index (χ0n) is 9.50. The molecule has 2 fully saturated rings. The molecule has 4 heteroatoms. The monoisotopic (exact) mass is 222 g/mol. The number of hydrogen-bond acceptors (Lipinski definition) is 3. The zero-order valence-corrected chi connectivity index (χ0v) is 9.50. The number of rotatable bonds is 3. The number of nitrogens with zero attached hydrogens (tertiary/aromatic N) is 1. The third kappa shape index (κ3) is 2.19. The molecule has 2 rings (SSSR count). The van der Waals surface area contributed by atoms with Crippen LogP contribution in [0.3, 0.4) is 0 Å². The van der Waals surface area contributed by atoms with Gasteiger partial charge in [0.1, 0.15) is 5.41 Å². The molecule has 1 aliphatic carbocycles. The molecule has 0 radical (unpaired) electrons. The van der Waals surface area contributed by atoms with E-state index in [1.165, 1.54) is 19.3 Å². The minimum Gasteiger partial charge on any atom is -0.381 e. The molecule has 0 unspecified atom stereocenters. The van der Waals surface area contributed by atoms with Gasteiger partial charge in [0.05, 0.1) is 6.07 Å². The fourth-order valence-corrected chi connectivity index (χ4v) is 2.21. The van der Waals surface area contributed by atoms with Gasteiger partial charge >= 0.3 is 0 Å². The van der Waals surface area contributed by atoms with E-state index in [1.807, 2.05) is 0 Å². The maximum atomic E-state index is 12.0. The van der Waals surface area contributed by atoms with Gasteiger partial charge in [0, 0.05) is 19.8 Å². The lowest BCUT2D eigenvalue weighted by Gasteiger charge is -2.31. The summed E-state index contributed by atoms with van der Waals surface area (Å²) in [7, 11) is 0. The highest BCUT2D eigenvalue weighted by Crippen LogP contribution is 2.30. The molecular formula is C12H18N2O2. The molecule has 0 aromatic carbocycles. The summed E-state index contributed by atoms with van der Waals surface area (Å²) in [6, 6.07) is 2.18. The van der Waals surface area contributed by atoms with Gasteiger partial charge in [0.2, 0.25) is 5.91 Å². The van der Waals surface area contributed by atoms with Crippen molar-refractivity contribution in [3.8, 4) is 6.07 Å². The highest BCUT2D eigenvalue weighted by molar-refractivity contribution is 5.85. The Kier molecular flexibility index (Phi) is 3.45. The molecule has 1 saturated carbocycles. The number of hydrogen-bond donors (Lipinski definition) is 1. The molecule has 1 aliphatic heterocycles. The van der Waals surface area contributed by atoms with Gasteiger partial charge in [-0.25, -0.2) is 0 Å². The molecule has 0 aromatic heterocycles. The number of carbonyl (C=O) groups is 1. The molecule has 0 spiro atoms. The van der Waals surface area contributed by atoms with Crippen LogP contribution in [-0.4, -0.2) is 25.7 Å². The van der Waals surface area contributed by atoms with Gasteiger partial charge in [-0.2, -0.15) is 5.26 Å². The van der Waals surface area contributed by atoms with Gasteiger partial charge in [0.25, 0.3) is 0 Å². The molecule has 1 saturated heterocycles. The van der Waals surface area contributed by atoms with Gasteiger partial charge < -0.3 is 10.1 Å². The van der Waals surface area contributed by atoms with Crippen molar-refractivity contribution >= 4 is 5.91 Å². The van der Waals surface area contributed by atoms with Crippen LogP contribution in [0.2, 0.25) is 0 Å². The molecule has 1 heterocycles. The standard InChI is InChI=1S/C12H18N2O2/c13-9-12(4-6-16-7-5-12)11(15)14-8-10-2-1-3-10/h10H,1-8H2,(H,14,15). The zero-order chi connectivity index (χ0) is 11.4. The minimum absolute atomic E-state index is 0.0924. The lowest BCUT2D eigenvalue weighted by molar-refractivity contribution is -0.132. The van der Waals surface area contributed by atoms with E-state index < -0.39 is 5.41 Å². The topological polar surface area (TPSA) is 62.1 Å². The second-order valence-electron chi connectivity index (χ2n) is 4.81. The third-order valence-electron chi connectivity index (χ3n) is 3.77. The summed E-state index contributed by atoms with van der Waals surface area (Å²) in [5.74, 6) is 0.546. The predicted molar refractivity (Wildman–Crippen MR) is 58.4 cm³/mol. The van der Waals surface area contributed by atoms with Crippen LogP contribution in [-0.2, 0) is 9.53 Å². The average molecular weight is 222 g/mol. The lowest BCUT2D eigenvalue weighted by Crippen LogP contribution is -2.45. The van der Waals surface area contributed by atoms with Crippen LogP contribution in [0.25, 0.3) is 0 Å².